The van der Waals surface area contributed by atoms with Crippen molar-refractivity contribution in [3.63, 3.8) is 0 Å². The van der Waals surface area contributed by atoms with Gasteiger partial charge in [0.1, 0.15) is 24.4 Å². The van der Waals surface area contributed by atoms with Gasteiger partial charge < -0.3 is 19.7 Å². The Kier molecular flexibility index (Phi) is 5.65. The van der Waals surface area contributed by atoms with Gasteiger partial charge in [-0.3, -0.25) is 0 Å². The summed E-state index contributed by atoms with van der Waals surface area (Å²) < 4.78 is 10.6. The summed E-state index contributed by atoms with van der Waals surface area (Å²) in [5, 5.41) is 20.5. The molecular weight excluding hydrogens is 336 g/mol. The zero-order valence-electron chi connectivity index (χ0n) is 14.0. The highest BCUT2D eigenvalue weighted by atomic mass is 16.6. The minimum Gasteiger partial charge on any atom is -0.456 e. The quantitative estimate of drug-likeness (QED) is 0.814. The molecule has 0 aliphatic heterocycles. The third-order valence-corrected chi connectivity index (χ3v) is 4.38. The minimum atomic E-state index is -1.33. The highest BCUT2D eigenvalue weighted by Crippen LogP contribution is 2.26. The first-order valence-electron chi connectivity index (χ1n) is 8.44. The van der Waals surface area contributed by atoms with Crippen molar-refractivity contribution in [3.05, 3.63) is 71.8 Å². The van der Waals surface area contributed by atoms with Gasteiger partial charge in [-0.1, -0.05) is 36.4 Å². The average molecular weight is 356 g/mol. The molecule has 136 valence electrons. The molecule has 2 unspecified atom stereocenters. The van der Waals surface area contributed by atoms with Gasteiger partial charge in [0, 0.05) is 0 Å². The van der Waals surface area contributed by atoms with E-state index in [4.69, 9.17) is 9.47 Å². The van der Waals surface area contributed by atoms with Crippen molar-refractivity contribution >= 4 is 11.9 Å². The lowest BCUT2D eigenvalue weighted by atomic mass is 9.89. The van der Waals surface area contributed by atoms with Gasteiger partial charge in [-0.25, -0.2) is 9.59 Å². The summed E-state index contributed by atoms with van der Waals surface area (Å²) in [6, 6.07) is 16.8. The van der Waals surface area contributed by atoms with Gasteiger partial charge >= 0.3 is 11.9 Å². The maximum Gasteiger partial charge on any atom is 0.338 e. The molecule has 1 aliphatic rings. The number of esters is 2. The second-order valence-electron chi connectivity index (χ2n) is 6.18. The summed E-state index contributed by atoms with van der Waals surface area (Å²) >= 11 is 0. The van der Waals surface area contributed by atoms with Crippen molar-refractivity contribution < 1.29 is 29.3 Å². The largest absolute Gasteiger partial charge is 0.456 e. The summed E-state index contributed by atoms with van der Waals surface area (Å²) in [7, 11) is 0. The van der Waals surface area contributed by atoms with E-state index >= 15 is 0 Å². The molecule has 2 N–H and O–H groups in total. The van der Waals surface area contributed by atoms with E-state index in [9.17, 15) is 19.8 Å². The second kappa shape index (κ2) is 8.12. The zero-order valence-corrected chi connectivity index (χ0v) is 14.0. The number of aliphatic hydroxyl groups is 2. The molecule has 1 fully saturated rings. The molecule has 0 saturated heterocycles. The van der Waals surface area contributed by atoms with Crippen LogP contribution in [0.5, 0.6) is 0 Å². The van der Waals surface area contributed by atoms with Crippen LogP contribution in [0.2, 0.25) is 0 Å². The molecule has 1 saturated carbocycles. The number of benzene rings is 2. The molecule has 0 amide bonds. The Morgan fingerprint density at radius 2 is 1.04 bits per heavy atom. The summed E-state index contributed by atoms with van der Waals surface area (Å²) in [6.07, 6.45) is -3.81. The Balaban J connectivity index is 1.59. The van der Waals surface area contributed by atoms with E-state index in [1.54, 1.807) is 60.7 Å². The van der Waals surface area contributed by atoms with Crippen LogP contribution in [0.25, 0.3) is 0 Å². The fraction of sp³-hybridized carbons (Fsp3) is 0.300. The molecule has 0 radical (unpaired) electrons. The average Bonchev–Trinajstić information content (AvgIpc) is 2.69. The van der Waals surface area contributed by atoms with Crippen molar-refractivity contribution in [3.8, 4) is 0 Å². The lowest BCUT2D eigenvalue weighted by Crippen LogP contribution is -2.52. The second-order valence-corrected chi connectivity index (χ2v) is 6.18. The van der Waals surface area contributed by atoms with E-state index in [0.29, 0.717) is 11.1 Å². The number of hydrogen-bond acceptors (Lipinski definition) is 6. The van der Waals surface area contributed by atoms with Gasteiger partial charge in [0.2, 0.25) is 0 Å². The smallest absolute Gasteiger partial charge is 0.338 e. The molecule has 1 aliphatic carbocycles. The van der Waals surface area contributed by atoms with Crippen LogP contribution in [0.4, 0.5) is 0 Å². The first-order valence-corrected chi connectivity index (χ1v) is 8.44. The molecule has 0 bridgehead atoms. The molecule has 0 aromatic heterocycles. The molecule has 26 heavy (non-hydrogen) atoms. The van der Waals surface area contributed by atoms with Crippen LogP contribution in [-0.4, -0.2) is 46.6 Å². The standard InChI is InChI=1S/C20H20O6/c21-17-15(25-19(23)13-7-3-1-4-8-13)11-12-16(18(17)22)26-20(24)14-9-5-2-6-10-14/h1-10,15-18,21-22H,11-12H2/t15-,16?,17+,18?/m0/s1. The van der Waals surface area contributed by atoms with Crippen LogP contribution >= 0.6 is 0 Å². The minimum absolute atomic E-state index is 0.281. The summed E-state index contributed by atoms with van der Waals surface area (Å²) in [6.45, 7) is 0. The van der Waals surface area contributed by atoms with Gasteiger partial charge in [0.25, 0.3) is 0 Å². The van der Waals surface area contributed by atoms with Crippen molar-refractivity contribution in [1.82, 2.24) is 0 Å². The molecular formula is C20H20O6. The van der Waals surface area contributed by atoms with E-state index in [2.05, 4.69) is 0 Å². The number of ether oxygens (including phenoxy) is 2. The Bertz CT molecular complexity index is 680. The van der Waals surface area contributed by atoms with Crippen LogP contribution in [0.15, 0.2) is 60.7 Å². The fourth-order valence-electron chi connectivity index (χ4n) is 2.93. The molecule has 6 heteroatoms. The molecule has 4 atom stereocenters. The summed E-state index contributed by atoms with van der Waals surface area (Å²) in [4.78, 5) is 24.2. The third kappa shape index (κ3) is 4.09. The first kappa shape index (κ1) is 18.1. The summed E-state index contributed by atoms with van der Waals surface area (Å²) in [5.74, 6) is -1.14. The number of carbonyl (C=O) groups excluding carboxylic acids is 2. The van der Waals surface area contributed by atoms with Crippen LogP contribution in [0.1, 0.15) is 33.6 Å². The first-order chi connectivity index (χ1) is 12.6. The predicted octanol–water partition coefficient (Wildman–Crippen LogP) is 1.95. The molecule has 2 aromatic carbocycles. The van der Waals surface area contributed by atoms with Crippen molar-refractivity contribution in [2.45, 2.75) is 37.3 Å². The Labute approximate surface area is 151 Å². The number of carbonyl (C=O) groups is 2. The van der Waals surface area contributed by atoms with Crippen LogP contribution < -0.4 is 0 Å². The van der Waals surface area contributed by atoms with Crippen LogP contribution in [0.3, 0.4) is 0 Å². The molecule has 2 aromatic rings. The topological polar surface area (TPSA) is 93.1 Å². The number of rotatable bonds is 4. The lowest BCUT2D eigenvalue weighted by Gasteiger charge is -2.36. The van der Waals surface area contributed by atoms with E-state index < -0.39 is 36.4 Å². The van der Waals surface area contributed by atoms with Crippen LogP contribution in [0, 0.1) is 0 Å². The van der Waals surface area contributed by atoms with Gasteiger partial charge in [-0.2, -0.15) is 0 Å². The van der Waals surface area contributed by atoms with Gasteiger partial charge in [-0.15, -0.1) is 0 Å². The molecule has 0 heterocycles. The number of hydrogen-bond donors (Lipinski definition) is 2. The Morgan fingerprint density at radius 1 is 0.692 bits per heavy atom. The summed E-state index contributed by atoms with van der Waals surface area (Å²) in [5.41, 5.74) is 0.735. The van der Waals surface area contributed by atoms with E-state index in [1.165, 1.54) is 0 Å². The van der Waals surface area contributed by atoms with E-state index in [1.807, 2.05) is 0 Å². The van der Waals surface area contributed by atoms with Gasteiger partial charge in [0.15, 0.2) is 0 Å². The fourth-order valence-corrected chi connectivity index (χ4v) is 2.93. The van der Waals surface area contributed by atoms with Crippen LogP contribution in [-0.2, 0) is 9.47 Å². The molecule has 6 nitrogen and oxygen atoms in total. The molecule has 0 spiro atoms. The van der Waals surface area contributed by atoms with E-state index in [-0.39, 0.29) is 12.8 Å². The normalized spacial score (nSPS) is 25.3. The molecule has 3 rings (SSSR count). The van der Waals surface area contributed by atoms with Crippen molar-refractivity contribution in [2.24, 2.45) is 0 Å². The highest BCUT2D eigenvalue weighted by Gasteiger charge is 2.41. The lowest BCUT2D eigenvalue weighted by molar-refractivity contribution is -0.140. The SMILES string of the molecule is O=C(OC1CC[C@H](OC(=O)c2ccccc2)[C@@H](O)C1O)c1ccccc1. The highest BCUT2D eigenvalue weighted by molar-refractivity contribution is 5.90. The monoisotopic (exact) mass is 356 g/mol. The Hall–Kier alpha value is -2.70. The van der Waals surface area contributed by atoms with E-state index in [0.717, 1.165) is 0 Å². The van der Waals surface area contributed by atoms with Crippen molar-refractivity contribution in [1.29, 1.82) is 0 Å². The third-order valence-electron chi connectivity index (χ3n) is 4.38. The predicted molar refractivity (Wildman–Crippen MR) is 92.5 cm³/mol. The van der Waals surface area contributed by atoms with Gasteiger partial charge in [0.05, 0.1) is 11.1 Å². The zero-order chi connectivity index (χ0) is 18.5. The Morgan fingerprint density at radius 3 is 1.38 bits per heavy atom. The maximum atomic E-state index is 12.1. The van der Waals surface area contributed by atoms with Gasteiger partial charge in [-0.05, 0) is 37.1 Å². The number of aliphatic hydroxyl groups excluding tert-OH is 2. The maximum absolute atomic E-state index is 12.1. The van der Waals surface area contributed by atoms with Crippen molar-refractivity contribution in [2.75, 3.05) is 0 Å².